The molecule has 1 saturated carbocycles. The average molecular weight is 357 g/mol. The molecule has 1 amide bonds. The molecule has 2 heterocycles. The number of methoxy groups -OCH3 is 1. The van der Waals surface area contributed by atoms with Gasteiger partial charge in [0.2, 0.25) is 11.8 Å². The predicted octanol–water partition coefficient (Wildman–Crippen LogP) is 2.51. The maximum absolute atomic E-state index is 14.1. The molecule has 7 heteroatoms. The minimum atomic E-state index is -0.352. The molecular weight excluding hydrogens is 337 g/mol. The molecule has 0 saturated heterocycles. The molecule has 2 aliphatic rings. The van der Waals surface area contributed by atoms with Gasteiger partial charge in [0, 0.05) is 29.0 Å². The van der Waals surface area contributed by atoms with E-state index < -0.39 is 0 Å². The van der Waals surface area contributed by atoms with Gasteiger partial charge in [-0.2, -0.15) is 0 Å². The number of carbonyl (C=O) groups excluding carboxylic acids is 1. The molecule has 0 radical (unpaired) electrons. The average Bonchev–Trinajstić information content (AvgIpc) is 3.26. The molecule has 1 aromatic carbocycles. The second-order valence-electron chi connectivity index (χ2n) is 7.12. The summed E-state index contributed by atoms with van der Waals surface area (Å²) >= 11 is 0. The maximum Gasteiger partial charge on any atom is 0.233 e. The third-order valence-corrected chi connectivity index (χ3v) is 5.03. The van der Waals surface area contributed by atoms with Crippen molar-refractivity contribution in [3.8, 4) is 22.9 Å². The van der Waals surface area contributed by atoms with Gasteiger partial charge in [-0.1, -0.05) is 6.92 Å². The fourth-order valence-corrected chi connectivity index (χ4v) is 3.11. The van der Waals surface area contributed by atoms with Crippen molar-refractivity contribution >= 4 is 5.91 Å². The third kappa shape index (κ3) is 3.09. The van der Waals surface area contributed by atoms with E-state index in [4.69, 9.17) is 9.47 Å². The quantitative estimate of drug-likeness (QED) is 0.890. The van der Waals surface area contributed by atoms with Gasteiger partial charge in [0.05, 0.1) is 19.3 Å². The zero-order valence-corrected chi connectivity index (χ0v) is 14.7. The number of amides is 1. The van der Waals surface area contributed by atoms with Gasteiger partial charge in [0.25, 0.3) is 0 Å². The van der Waals surface area contributed by atoms with Crippen LogP contribution in [0.5, 0.6) is 11.6 Å². The Kier molecular flexibility index (Phi) is 4.01. The van der Waals surface area contributed by atoms with Crippen LogP contribution in [-0.4, -0.2) is 35.9 Å². The number of nitrogens with one attached hydrogen (secondary N) is 1. The fraction of sp³-hybridized carbons (Fsp3) is 0.421. The highest BCUT2D eigenvalue weighted by atomic mass is 19.1. The molecule has 1 aliphatic carbocycles. The first kappa shape index (κ1) is 16.8. The summed E-state index contributed by atoms with van der Waals surface area (Å²) in [7, 11) is 1.51. The van der Waals surface area contributed by atoms with E-state index in [2.05, 4.69) is 15.5 Å². The standard InChI is InChI=1S/C19H20FN3O3/c1-19(5-6-19)18(24)21-10-13-8-11-7-12(20)9-14(17(11)26-13)15-3-4-16(25-2)23-22-15/h3-4,7,9,13H,5-6,8,10H2,1-2H3,(H,21,24). The number of halogens is 1. The summed E-state index contributed by atoms with van der Waals surface area (Å²) < 4.78 is 25.1. The van der Waals surface area contributed by atoms with Crippen LogP contribution in [0.15, 0.2) is 24.3 Å². The molecule has 1 aliphatic heterocycles. The van der Waals surface area contributed by atoms with E-state index in [-0.39, 0.29) is 23.2 Å². The Morgan fingerprint density at radius 2 is 2.19 bits per heavy atom. The summed E-state index contributed by atoms with van der Waals surface area (Å²) in [5.41, 5.74) is 1.62. The van der Waals surface area contributed by atoms with E-state index in [1.54, 1.807) is 12.1 Å². The van der Waals surface area contributed by atoms with Crippen LogP contribution < -0.4 is 14.8 Å². The monoisotopic (exact) mass is 357 g/mol. The summed E-state index contributed by atoms with van der Waals surface area (Å²) in [5.74, 6) is 0.694. The molecule has 26 heavy (non-hydrogen) atoms. The number of hydrogen-bond donors (Lipinski definition) is 1. The summed E-state index contributed by atoms with van der Waals surface area (Å²) in [5, 5.41) is 11.0. The molecule has 6 nitrogen and oxygen atoms in total. The van der Waals surface area contributed by atoms with Crippen LogP contribution in [0.1, 0.15) is 25.3 Å². The van der Waals surface area contributed by atoms with Crippen LogP contribution >= 0.6 is 0 Å². The second-order valence-corrected chi connectivity index (χ2v) is 7.12. The molecule has 0 bridgehead atoms. The first-order valence-corrected chi connectivity index (χ1v) is 8.64. The van der Waals surface area contributed by atoms with Crippen LogP contribution in [-0.2, 0) is 11.2 Å². The lowest BCUT2D eigenvalue weighted by Crippen LogP contribution is -2.38. The molecule has 1 atom stereocenters. The molecule has 136 valence electrons. The molecule has 1 N–H and O–H groups in total. The van der Waals surface area contributed by atoms with Crippen molar-refractivity contribution < 1.29 is 18.7 Å². The van der Waals surface area contributed by atoms with Gasteiger partial charge in [0.1, 0.15) is 17.7 Å². The Bertz CT molecular complexity index is 850. The Hall–Kier alpha value is -2.70. The van der Waals surface area contributed by atoms with E-state index in [9.17, 15) is 9.18 Å². The normalized spacial score (nSPS) is 19.4. The van der Waals surface area contributed by atoms with Crippen LogP contribution in [0, 0.1) is 11.2 Å². The summed E-state index contributed by atoms with van der Waals surface area (Å²) in [6.45, 7) is 2.36. The predicted molar refractivity (Wildman–Crippen MR) is 92.4 cm³/mol. The number of aromatic nitrogens is 2. The van der Waals surface area contributed by atoms with Crippen molar-refractivity contribution in [3.63, 3.8) is 0 Å². The fourth-order valence-electron chi connectivity index (χ4n) is 3.11. The summed E-state index contributed by atoms with van der Waals surface area (Å²) in [6, 6.07) is 6.25. The lowest BCUT2D eigenvalue weighted by Gasteiger charge is -2.15. The van der Waals surface area contributed by atoms with E-state index in [1.165, 1.54) is 19.2 Å². The van der Waals surface area contributed by atoms with Crippen LogP contribution in [0.3, 0.4) is 0 Å². The molecule has 1 fully saturated rings. The Balaban J connectivity index is 1.52. The highest BCUT2D eigenvalue weighted by molar-refractivity contribution is 5.84. The van der Waals surface area contributed by atoms with Gasteiger partial charge in [0.15, 0.2) is 0 Å². The molecule has 0 spiro atoms. The van der Waals surface area contributed by atoms with Crippen LogP contribution in [0.25, 0.3) is 11.3 Å². The second kappa shape index (κ2) is 6.23. The van der Waals surface area contributed by atoms with E-state index in [0.717, 1.165) is 18.4 Å². The van der Waals surface area contributed by atoms with E-state index in [0.29, 0.717) is 35.9 Å². The number of carbonyl (C=O) groups is 1. The Morgan fingerprint density at radius 1 is 1.38 bits per heavy atom. The largest absolute Gasteiger partial charge is 0.487 e. The van der Waals surface area contributed by atoms with Crippen LogP contribution in [0.2, 0.25) is 0 Å². The highest BCUT2D eigenvalue weighted by Crippen LogP contribution is 2.45. The van der Waals surface area contributed by atoms with Crippen molar-refractivity contribution in [1.82, 2.24) is 15.5 Å². The maximum atomic E-state index is 14.1. The molecule has 1 aromatic heterocycles. The highest BCUT2D eigenvalue weighted by Gasteiger charge is 2.45. The van der Waals surface area contributed by atoms with Crippen molar-refractivity contribution in [3.05, 3.63) is 35.6 Å². The van der Waals surface area contributed by atoms with Gasteiger partial charge >= 0.3 is 0 Å². The van der Waals surface area contributed by atoms with Crippen molar-refractivity contribution in [2.24, 2.45) is 5.41 Å². The smallest absolute Gasteiger partial charge is 0.233 e. The van der Waals surface area contributed by atoms with Gasteiger partial charge < -0.3 is 14.8 Å². The Labute approximate surface area is 150 Å². The van der Waals surface area contributed by atoms with Crippen molar-refractivity contribution in [2.75, 3.05) is 13.7 Å². The third-order valence-electron chi connectivity index (χ3n) is 5.03. The Morgan fingerprint density at radius 3 is 2.85 bits per heavy atom. The minimum absolute atomic E-state index is 0.0597. The lowest BCUT2D eigenvalue weighted by molar-refractivity contribution is -0.126. The van der Waals surface area contributed by atoms with Gasteiger partial charge in [-0.05, 0) is 31.0 Å². The molecule has 2 aromatic rings. The van der Waals surface area contributed by atoms with Gasteiger partial charge in [-0.15, -0.1) is 10.2 Å². The molecule has 4 rings (SSSR count). The summed E-state index contributed by atoms with van der Waals surface area (Å²) in [6.07, 6.45) is 2.18. The summed E-state index contributed by atoms with van der Waals surface area (Å²) in [4.78, 5) is 12.1. The van der Waals surface area contributed by atoms with E-state index >= 15 is 0 Å². The SMILES string of the molecule is COc1ccc(-c2cc(F)cc3c2OC(CNC(=O)C2(C)CC2)C3)nn1. The topological polar surface area (TPSA) is 73.3 Å². The first-order valence-electron chi connectivity index (χ1n) is 8.64. The number of ether oxygens (including phenoxy) is 2. The van der Waals surface area contributed by atoms with E-state index in [1.807, 2.05) is 6.92 Å². The minimum Gasteiger partial charge on any atom is -0.487 e. The van der Waals surface area contributed by atoms with Gasteiger partial charge in [-0.25, -0.2) is 4.39 Å². The number of rotatable bonds is 5. The first-order chi connectivity index (χ1) is 12.5. The number of fused-ring (bicyclic) bond motifs is 1. The zero-order valence-electron chi connectivity index (χ0n) is 14.7. The zero-order chi connectivity index (χ0) is 18.3. The van der Waals surface area contributed by atoms with Gasteiger partial charge in [-0.3, -0.25) is 4.79 Å². The van der Waals surface area contributed by atoms with Crippen LogP contribution in [0.4, 0.5) is 4.39 Å². The van der Waals surface area contributed by atoms with Crippen molar-refractivity contribution in [2.45, 2.75) is 32.3 Å². The molecular formula is C19H20FN3O3. The number of nitrogens with zero attached hydrogens (tertiary/aromatic N) is 2. The number of benzene rings is 1. The number of hydrogen-bond acceptors (Lipinski definition) is 5. The lowest BCUT2D eigenvalue weighted by atomic mass is 10.0. The van der Waals surface area contributed by atoms with Crippen molar-refractivity contribution in [1.29, 1.82) is 0 Å². The molecule has 1 unspecified atom stereocenters.